The summed E-state index contributed by atoms with van der Waals surface area (Å²) in [6.07, 6.45) is 1.06. The molecular weight excluding hydrogens is 538 g/mol. The number of pyridine rings is 1. The number of aromatic nitrogens is 1. The van der Waals surface area contributed by atoms with Crippen LogP contribution in [0.15, 0.2) is 54.7 Å². The third-order valence-electron chi connectivity index (χ3n) is 7.39. The molecule has 218 valence electrons. The normalized spacial score (nSPS) is 18.0. The van der Waals surface area contributed by atoms with Gasteiger partial charge < -0.3 is 33.9 Å². The summed E-state index contributed by atoms with van der Waals surface area (Å²) in [7, 11) is 3.28. The number of carbonyl (C=O) groups is 2. The highest BCUT2D eigenvalue weighted by atomic mass is 16.7. The summed E-state index contributed by atoms with van der Waals surface area (Å²) in [6.45, 7) is 4.20. The molecule has 2 aromatic carbocycles. The Hall–Kier alpha value is -4.75. The van der Waals surface area contributed by atoms with Gasteiger partial charge in [-0.05, 0) is 43.3 Å². The topological polar surface area (TPSA) is 111 Å². The van der Waals surface area contributed by atoms with Gasteiger partial charge in [-0.2, -0.15) is 0 Å². The van der Waals surface area contributed by atoms with E-state index in [0.29, 0.717) is 40.5 Å². The van der Waals surface area contributed by atoms with Gasteiger partial charge in [0.1, 0.15) is 17.4 Å². The number of hydrogen-bond donors (Lipinski definition) is 1. The van der Waals surface area contributed by atoms with Crippen LogP contribution < -0.4 is 18.9 Å². The van der Waals surface area contributed by atoms with Crippen molar-refractivity contribution in [2.45, 2.75) is 26.0 Å². The van der Waals surface area contributed by atoms with Crippen molar-refractivity contribution < 1.29 is 33.6 Å². The highest BCUT2D eigenvalue weighted by Gasteiger charge is 2.35. The predicted octanol–water partition coefficient (Wildman–Crippen LogP) is 3.21. The largest absolute Gasteiger partial charge is 0.495 e. The zero-order valence-corrected chi connectivity index (χ0v) is 24.0. The molecule has 5 rings (SSSR count). The molecule has 10 nitrogen and oxygen atoms in total. The molecule has 0 spiro atoms. The zero-order chi connectivity index (χ0) is 29.8. The summed E-state index contributed by atoms with van der Waals surface area (Å²) in [5.74, 6) is 7.36. The van der Waals surface area contributed by atoms with Crippen LogP contribution in [0.25, 0.3) is 0 Å². The van der Waals surface area contributed by atoms with E-state index in [2.05, 4.69) is 16.8 Å². The maximum Gasteiger partial charge on any atom is 0.259 e. The first-order valence-electron chi connectivity index (χ1n) is 13.7. The van der Waals surface area contributed by atoms with Crippen LogP contribution in [-0.4, -0.2) is 84.5 Å². The molecule has 0 aliphatic carbocycles. The minimum absolute atomic E-state index is 0.123. The molecule has 10 heteroatoms. The number of carbonyl (C=O) groups excluding carboxylic acids is 2. The first-order valence-corrected chi connectivity index (χ1v) is 13.7. The minimum atomic E-state index is -0.494. The Bertz CT molecular complexity index is 1550. The van der Waals surface area contributed by atoms with Gasteiger partial charge in [-0.3, -0.25) is 9.59 Å². The van der Waals surface area contributed by atoms with Gasteiger partial charge in [0.25, 0.3) is 11.8 Å². The van der Waals surface area contributed by atoms with Gasteiger partial charge in [-0.1, -0.05) is 30.9 Å². The van der Waals surface area contributed by atoms with Crippen LogP contribution in [0, 0.1) is 17.8 Å². The molecule has 0 saturated heterocycles. The summed E-state index contributed by atoms with van der Waals surface area (Å²) in [5.41, 5.74) is 1.92. The second-order valence-electron chi connectivity index (χ2n) is 10.4. The highest BCUT2D eigenvalue weighted by molar-refractivity contribution is 5.97. The number of methoxy groups -OCH3 is 1. The van der Waals surface area contributed by atoms with Gasteiger partial charge in [0.05, 0.1) is 31.9 Å². The fourth-order valence-corrected chi connectivity index (χ4v) is 4.88. The number of fused-ring (bicyclic) bond motifs is 2. The Morgan fingerprint density at radius 3 is 2.76 bits per heavy atom. The Morgan fingerprint density at radius 2 is 1.98 bits per heavy atom. The van der Waals surface area contributed by atoms with Crippen molar-refractivity contribution in [1.29, 1.82) is 0 Å². The summed E-state index contributed by atoms with van der Waals surface area (Å²) in [6, 6.07) is 13.7. The van der Waals surface area contributed by atoms with Gasteiger partial charge in [0, 0.05) is 36.8 Å². The van der Waals surface area contributed by atoms with E-state index < -0.39 is 12.1 Å². The predicted molar refractivity (Wildman–Crippen MR) is 154 cm³/mol. The van der Waals surface area contributed by atoms with E-state index in [-0.39, 0.29) is 49.1 Å². The molecular formula is C32H33N3O7. The molecule has 1 aromatic heterocycles. The van der Waals surface area contributed by atoms with Crippen molar-refractivity contribution in [1.82, 2.24) is 14.8 Å². The smallest absolute Gasteiger partial charge is 0.259 e. The van der Waals surface area contributed by atoms with Crippen molar-refractivity contribution in [3.8, 4) is 35.0 Å². The number of hydrogen-bond acceptors (Lipinski definition) is 8. The second-order valence-corrected chi connectivity index (χ2v) is 10.4. The van der Waals surface area contributed by atoms with Crippen molar-refractivity contribution in [3.05, 3.63) is 77.0 Å². The Labute approximate surface area is 244 Å². The summed E-state index contributed by atoms with van der Waals surface area (Å²) < 4.78 is 22.5. The Morgan fingerprint density at radius 1 is 1.19 bits per heavy atom. The molecule has 0 unspecified atom stereocenters. The second kappa shape index (κ2) is 12.4. The van der Waals surface area contributed by atoms with Crippen molar-refractivity contribution in [3.63, 3.8) is 0 Å². The minimum Gasteiger partial charge on any atom is -0.495 e. The Balaban J connectivity index is 1.43. The lowest BCUT2D eigenvalue weighted by Crippen LogP contribution is -2.50. The molecule has 0 fully saturated rings. The van der Waals surface area contributed by atoms with Gasteiger partial charge in [-0.25, -0.2) is 4.98 Å². The standard InChI is InChI=1S/C32H33N3O7/c1-20-16-35(21(2)18-36)32(38)25-13-22(9-10-23-7-5-6-8-26(23)39-4)15-33-30(25)42-29(20)17-34(3)31(37)24-11-12-27-28(14-24)41-19-40-27/h5-8,11-15,20-21,29,36H,16-19H2,1-4H3/t20-,21+,29+/m1/s1. The van der Waals surface area contributed by atoms with Gasteiger partial charge in [0.2, 0.25) is 12.7 Å². The van der Waals surface area contributed by atoms with Crippen molar-refractivity contribution in [2.75, 3.05) is 40.6 Å². The molecule has 2 aliphatic rings. The number of aliphatic hydroxyl groups is 1. The molecule has 0 radical (unpaired) electrons. The Kier molecular flexibility index (Phi) is 8.50. The average Bonchev–Trinajstić information content (AvgIpc) is 3.49. The summed E-state index contributed by atoms with van der Waals surface area (Å²) in [4.78, 5) is 34.7. The van der Waals surface area contributed by atoms with Crippen LogP contribution in [-0.2, 0) is 0 Å². The quantitative estimate of drug-likeness (QED) is 0.449. The average molecular weight is 572 g/mol. The van der Waals surface area contributed by atoms with E-state index in [4.69, 9.17) is 18.9 Å². The summed E-state index contributed by atoms with van der Waals surface area (Å²) >= 11 is 0. The lowest BCUT2D eigenvalue weighted by atomic mass is 9.99. The first-order chi connectivity index (χ1) is 20.3. The van der Waals surface area contributed by atoms with Crippen LogP contribution >= 0.6 is 0 Å². The molecule has 2 aliphatic heterocycles. The number of likely N-dealkylation sites (N-methyl/N-ethyl adjacent to an activating group) is 1. The number of para-hydroxylation sites is 1. The van der Waals surface area contributed by atoms with E-state index in [1.807, 2.05) is 31.2 Å². The number of ether oxygens (including phenoxy) is 4. The molecule has 42 heavy (non-hydrogen) atoms. The van der Waals surface area contributed by atoms with Crippen LogP contribution in [0.3, 0.4) is 0 Å². The van der Waals surface area contributed by atoms with Crippen LogP contribution in [0.2, 0.25) is 0 Å². The van der Waals surface area contributed by atoms with Crippen LogP contribution in [0.4, 0.5) is 0 Å². The number of aliphatic hydroxyl groups excluding tert-OH is 1. The fraction of sp³-hybridized carbons (Fsp3) is 0.344. The SMILES string of the molecule is COc1ccccc1C#Cc1cnc2c(c1)C(=O)N([C@@H](C)CO)C[C@@H](C)[C@H](CN(C)C(=O)c1ccc3c(c1)OCO3)O2. The van der Waals surface area contributed by atoms with Gasteiger partial charge in [0.15, 0.2) is 11.5 Å². The maximum absolute atomic E-state index is 13.7. The molecule has 3 aromatic rings. The number of rotatable bonds is 6. The number of nitrogens with zero attached hydrogens (tertiary/aromatic N) is 3. The molecule has 3 atom stereocenters. The van der Waals surface area contributed by atoms with Crippen molar-refractivity contribution in [2.24, 2.45) is 5.92 Å². The van der Waals surface area contributed by atoms with Gasteiger partial charge in [-0.15, -0.1) is 0 Å². The third kappa shape index (κ3) is 5.97. The number of benzene rings is 2. The van der Waals surface area contributed by atoms with E-state index in [1.165, 1.54) is 0 Å². The molecule has 1 N–H and O–H groups in total. The lowest BCUT2D eigenvalue weighted by Gasteiger charge is -2.37. The van der Waals surface area contributed by atoms with E-state index in [9.17, 15) is 14.7 Å². The lowest BCUT2D eigenvalue weighted by molar-refractivity contribution is 0.0313. The number of amides is 2. The van der Waals surface area contributed by atoms with Crippen LogP contribution in [0.1, 0.15) is 45.7 Å². The first kappa shape index (κ1) is 28.8. The van der Waals surface area contributed by atoms with Gasteiger partial charge >= 0.3 is 0 Å². The summed E-state index contributed by atoms with van der Waals surface area (Å²) in [5, 5.41) is 9.95. The maximum atomic E-state index is 13.7. The van der Waals surface area contributed by atoms with E-state index >= 15 is 0 Å². The van der Waals surface area contributed by atoms with E-state index in [1.54, 1.807) is 61.3 Å². The monoisotopic (exact) mass is 571 g/mol. The molecule has 3 heterocycles. The molecule has 2 amide bonds. The molecule has 0 bridgehead atoms. The highest BCUT2D eigenvalue weighted by Crippen LogP contribution is 2.33. The third-order valence-corrected chi connectivity index (χ3v) is 7.39. The van der Waals surface area contributed by atoms with Crippen molar-refractivity contribution >= 4 is 11.8 Å². The fourth-order valence-electron chi connectivity index (χ4n) is 4.88. The van der Waals surface area contributed by atoms with Crippen LogP contribution in [0.5, 0.6) is 23.1 Å². The zero-order valence-electron chi connectivity index (χ0n) is 24.0. The molecule has 0 saturated carbocycles. The van der Waals surface area contributed by atoms with E-state index in [0.717, 1.165) is 0 Å².